The van der Waals surface area contributed by atoms with Crippen LogP contribution in [0.4, 0.5) is 0 Å². The van der Waals surface area contributed by atoms with Gasteiger partial charge in [0.05, 0.1) is 19.6 Å². The summed E-state index contributed by atoms with van der Waals surface area (Å²) in [7, 11) is 1.48. The van der Waals surface area contributed by atoms with Crippen LogP contribution in [-0.4, -0.2) is 12.2 Å². The Morgan fingerprint density at radius 2 is 2.23 bits per heavy atom. The smallest absolute Gasteiger partial charge is 0.164 e. The number of methoxy groups -OCH3 is 1. The van der Waals surface area contributed by atoms with Gasteiger partial charge in [0.25, 0.3) is 0 Å². The SMILES string of the molecule is COc1c(CC#N)ccc(C)c1O. The van der Waals surface area contributed by atoms with Gasteiger partial charge in [-0.25, -0.2) is 0 Å². The number of rotatable bonds is 2. The Labute approximate surface area is 77.2 Å². The van der Waals surface area contributed by atoms with E-state index in [2.05, 4.69) is 0 Å². The van der Waals surface area contributed by atoms with Crippen molar-refractivity contribution in [2.45, 2.75) is 13.3 Å². The van der Waals surface area contributed by atoms with Crippen LogP contribution in [0.3, 0.4) is 0 Å². The summed E-state index contributed by atoms with van der Waals surface area (Å²) < 4.78 is 5.01. The molecule has 0 atom stereocenters. The molecule has 0 unspecified atom stereocenters. The molecule has 68 valence electrons. The summed E-state index contributed by atoms with van der Waals surface area (Å²) in [4.78, 5) is 0. The van der Waals surface area contributed by atoms with Crippen molar-refractivity contribution in [1.82, 2.24) is 0 Å². The standard InChI is InChI=1S/C10H11NO2/c1-7-3-4-8(5-6-11)10(13-2)9(7)12/h3-4,12H,5H2,1-2H3. The Morgan fingerprint density at radius 3 is 2.77 bits per heavy atom. The van der Waals surface area contributed by atoms with Gasteiger partial charge in [-0.2, -0.15) is 5.26 Å². The van der Waals surface area contributed by atoms with E-state index in [-0.39, 0.29) is 12.2 Å². The first-order chi connectivity index (χ1) is 6.20. The van der Waals surface area contributed by atoms with Gasteiger partial charge in [0.2, 0.25) is 0 Å². The van der Waals surface area contributed by atoms with Crippen molar-refractivity contribution >= 4 is 0 Å². The first-order valence-corrected chi connectivity index (χ1v) is 3.93. The Morgan fingerprint density at radius 1 is 1.54 bits per heavy atom. The third kappa shape index (κ3) is 1.73. The van der Waals surface area contributed by atoms with Crippen molar-refractivity contribution in [3.63, 3.8) is 0 Å². The molecule has 0 radical (unpaired) electrons. The molecule has 0 aliphatic rings. The lowest BCUT2D eigenvalue weighted by molar-refractivity contribution is 0.368. The number of nitrogens with zero attached hydrogens (tertiary/aromatic N) is 1. The third-order valence-electron chi connectivity index (χ3n) is 1.89. The topological polar surface area (TPSA) is 53.2 Å². The van der Waals surface area contributed by atoms with E-state index in [4.69, 9.17) is 10.00 Å². The lowest BCUT2D eigenvalue weighted by Gasteiger charge is -2.09. The first kappa shape index (κ1) is 9.40. The van der Waals surface area contributed by atoms with Crippen LogP contribution in [-0.2, 0) is 6.42 Å². The maximum atomic E-state index is 9.57. The maximum absolute atomic E-state index is 9.57. The molecular formula is C10H11NO2. The highest BCUT2D eigenvalue weighted by molar-refractivity contribution is 5.51. The van der Waals surface area contributed by atoms with Crippen molar-refractivity contribution in [2.24, 2.45) is 0 Å². The molecule has 0 saturated heterocycles. The minimum absolute atomic E-state index is 0.121. The molecule has 0 heterocycles. The zero-order valence-electron chi connectivity index (χ0n) is 7.66. The number of phenols is 1. The van der Waals surface area contributed by atoms with E-state index >= 15 is 0 Å². The third-order valence-corrected chi connectivity index (χ3v) is 1.89. The molecule has 1 N–H and O–H groups in total. The van der Waals surface area contributed by atoms with Crippen LogP contribution in [0.5, 0.6) is 11.5 Å². The molecule has 3 heteroatoms. The number of nitriles is 1. The highest BCUT2D eigenvalue weighted by Crippen LogP contribution is 2.33. The molecule has 0 aromatic heterocycles. The number of hydrogen-bond acceptors (Lipinski definition) is 3. The van der Waals surface area contributed by atoms with Crippen molar-refractivity contribution in [3.05, 3.63) is 23.3 Å². The van der Waals surface area contributed by atoms with E-state index in [1.54, 1.807) is 19.1 Å². The number of phenolic OH excluding ortho intramolecular Hbond substituents is 1. The van der Waals surface area contributed by atoms with Crippen LogP contribution in [0.2, 0.25) is 0 Å². The van der Waals surface area contributed by atoms with Gasteiger partial charge in [0.15, 0.2) is 11.5 Å². The van der Waals surface area contributed by atoms with Crippen LogP contribution in [0.1, 0.15) is 11.1 Å². The van der Waals surface area contributed by atoms with E-state index in [0.717, 1.165) is 5.56 Å². The predicted molar refractivity (Wildman–Crippen MR) is 48.7 cm³/mol. The monoisotopic (exact) mass is 177 g/mol. The molecule has 0 fully saturated rings. The fourth-order valence-corrected chi connectivity index (χ4v) is 1.16. The van der Waals surface area contributed by atoms with Crippen LogP contribution in [0.15, 0.2) is 12.1 Å². The number of benzene rings is 1. The average molecular weight is 177 g/mol. The Hall–Kier alpha value is -1.69. The number of aryl methyl sites for hydroxylation is 1. The maximum Gasteiger partial charge on any atom is 0.164 e. The van der Waals surface area contributed by atoms with Crippen molar-refractivity contribution < 1.29 is 9.84 Å². The predicted octanol–water partition coefficient (Wildman–Crippen LogP) is 1.78. The van der Waals surface area contributed by atoms with Crippen LogP contribution in [0, 0.1) is 18.3 Å². The summed E-state index contributed by atoms with van der Waals surface area (Å²) in [6, 6.07) is 5.57. The fourth-order valence-electron chi connectivity index (χ4n) is 1.16. The summed E-state index contributed by atoms with van der Waals surface area (Å²) in [6.07, 6.45) is 0.247. The quantitative estimate of drug-likeness (QED) is 0.749. The Kier molecular flexibility index (Phi) is 2.76. The lowest BCUT2D eigenvalue weighted by Crippen LogP contribution is -1.92. The molecule has 1 aromatic rings. The molecule has 1 rings (SSSR count). The van der Waals surface area contributed by atoms with Crippen LogP contribution < -0.4 is 4.74 Å². The molecule has 3 nitrogen and oxygen atoms in total. The van der Waals surface area contributed by atoms with Gasteiger partial charge in [-0.05, 0) is 12.5 Å². The average Bonchev–Trinajstić information content (AvgIpc) is 2.12. The van der Waals surface area contributed by atoms with E-state index in [1.165, 1.54) is 7.11 Å². The largest absolute Gasteiger partial charge is 0.504 e. The second-order valence-corrected chi connectivity index (χ2v) is 2.76. The fraction of sp³-hybridized carbons (Fsp3) is 0.300. The zero-order valence-corrected chi connectivity index (χ0v) is 7.66. The number of ether oxygens (including phenoxy) is 1. The molecule has 0 saturated carbocycles. The molecule has 1 aromatic carbocycles. The minimum atomic E-state index is 0.121. The van der Waals surface area contributed by atoms with Gasteiger partial charge in [0, 0.05) is 5.56 Å². The van der Waals surface area contributed by atoms with Crippen LogP contribution in [0.25, 0.3) is 0 Å². The van der Waals surface area contributed by atoms with Gasteiger partial charge in [0.1, 0.15) is 0 Å². The summed E-state index contributed by atoms with van der Waals surface area (Å²) in [5.74, 6) is 0.525. The van der Waals surface area contributed by atoms with Crippen LogP contribution >= 0.6 is 0 Å². The van der Waals surface area contributed by atoms with Gasteiger partial charge in [-0.15, -0.1) is 0 Å². The minimum Gasteiger partial charge on any atom is -0.504 e. The van der Waals surface area contributed by atoms with Crippen molar-refractivity contribution in [1.29, 1.82) is 5.26 Å². The second-order valence-electron chi connectivity index (χ2n) is 2.76. The molecule has 0 spiro atoms. The summed E-state index contributed by atoms with van der Waals surface area (Å²) in [5, 5.41) is 18.1. The molecule has 0 bridgehead atoms. The van der Waals surface area contributed by atoms with E-state index in [0.29, 0.717) is 11.3 Å². The highest BCUT2D eigenvalue weighted by atomic mass is 16.5. The summed E-state index contributed by atoms with van der Waals surface area (Å²) in [6.45, 7) is 1.79. The molecular weight excluding hydrogens is 166 g/mol. The van der Waals surface area contributed by atoms with E-state index in [9.17, 15) is 5.11 Å². The lowest BCUT2D eigenvalue weighted by atomic mass is 10.1. The number of aromatic hydroxyl groups is 1. The molecule has 0 amide bonds. The normalized spacial score (nSPS) is 9.31. The second kappa shape index (κ2) is 3.81. The molecule has 13 heavy (non-hydrogen) atoms. The Balaban J connectivity index is 3.23. The van der Waals surface area contributed by atoms with E-state index in [1.807, 2.05) is 6.07 Å². The van der Waals surface area contributed by atoms with Crippen molar-refractivity contribution in [2.75, 3.05) is 7.11 Å². The van der Waals surface area contributed by atoms with Gasteiger partial charge < -0.3 is 9.84 Å². The number of hydrogen-bond donors (Lipinski definition) is 1. The van der Waals surface area contributed by atoms with Crippen molar-refractivity contribution in [3.8, 4) is 17.6 Å². The van der Waals surface area contributed by atoms with Gasteiger partial charge in [-0.1, -0.05) is 12.1 Å². The molecule has 0 aliphatic carbocycles. The van der Waals surface area contributed by atoms with E-state index < -0.39 is 0 Å². The Bertz CT molecular complexity index is 353. The van der Waals surface area contributed by atoms with Gasteiger partial charge >= 0.3 is 0 Å². The highest BCUT2D eigenvalue weighted by Gasteiger charge is 2.09. The summed E-state index contributed by atoms with van der Waals surface area (Å²) in [5.41, 5.74) is 1.46. The summed E-state index contributed by atoms with van der Waals surface area (Å²) >= 11 is 0. The molecule has 0 aliphatic heterocycles. The first-order valence-electron chi connectivity index (χ1n) is 3.93. The van der Waals surface area contributed by atoms with Gasteiger partial charge in [-0.3, -0.25) is 0 Å². The zero-order chi connectivity index (χ0) is 9.84.